The molecule has 2 saturated heterocycles. The van der Waals surface area contributed by atoms with E-state index in [9.17, 15) is 0 Å². The summed E-state index contributed by atoms with van der Waals surface area (Å²) in [5, 5.41) is 0. The van der Waals surface area contributed by atoms with Gasteiger partial charge in [0.15, 0.2) is 6.29 Å². The quantitative estimate of drug-likeness (QED) is 0.776. The highest BCUT2D eigenvalue weighted by Crippen LogP contribution is 2.44. The fraction of sp³-hybridized carbons (Fsp3) is 0.684. The highest BCUT2D eigenvalue weighted by atomic mass is 16.7. The van der Waals surface area contributed by atoms with Gasteiger partial charge in [-0.3, -0.25) is 0 Å². The van der Waals surface area contributed by atoms with Crippen LogP contribution >= 0.6 is 0 Å². The molecule has 3 rings (SSSR count). The van der Waals surface area contributed by atoms with Gasteiger partial charge in [-0.15, -0.1) is 0 Å². The minimum absolute atomic E-state index is 0.331. The molecule has 1 aromatic carbocycles. The Kier molecular flexibility index (Phi) is 3.97. The third-order valence-corrected chi connectivity index (χ3v) is 5.99. The van der Waals surface area contributed by atoms with Crippen LogP contribution in [0.15, 0.2) is 24.3 Å². The molecule has 1 aromatic rings. The van der Waals surface area contributed by atoms with Crippen LogP contribution in [0, 0.1) is 0 Å². The maximum absolute atomic E-state index is 6.10. The fourth-order valence-corrected chi connectivity index (χ4v) is 2.77. The van der Waals surface area contributed by atoms with Crippen molar-refractivity contribution in [2.24, 2.45) is 0 Å². The van der Waals surface area contributed by atoms with Gasteiger partial charge in [-0.1, -0.05) is 24.3 Å². The summed E-state index contributed by atoms with van der Waals surface area (Å²) < 4.78 is 24.4. The van der Waals surface area contributed by atoms with Crippen LogP contribution in [0.1, 0.15) is 67.2 Å². The number of benzene rings is 1. The Labute approximate surface area is 146 Å². The van der Waals surface area contributed by atoms with Crippen molar-refractivity contribution < 1.29 is 18.8 Å². The molecule has 5 heteroatoms. The van der Waals surface area contributed by atoms with Gasteiger partial charge in [-0.2, -0.15) is 0 Å². The van der Waals surface area contributed by atoms with E-state index >= 15 is 0 Å². The van der Waals surface area contributed by atoms with Gasteiger partial charge in [0.25, 0.3) is 0 Å². The van der Waals surface area contributed by atoms with Crippen LogP contribution in [0.5, 0.6) is 0 Å². The molecule has 0 amide bonds. The lowest BCUT2D eigenvalue weighted by Gasteiger charge is -2.32. The van der Waals surface area contributed by atoms with Gasteiger partial charge >= 0.3 is 7.12 Å². The molecule has 132 valence electrons. The first-order valence-corrected chi connectivity index (χ1v) is 8.66. The predicted molar refractivity (Wildman–Crippen MR) is 95.2 cm³/mol. The zero-order valence-corrected chi connectivity index (χ0v) is 16.1. The smallest absolute Gasteiger partial charge is 0.399 e. The average Bonchev–Trinajstić information content (AvgIpc) is 2.79. The summed E-state index contributed by atoms with van der Waals surface area (Å²) in [5.74, 6) is 0. The molecule has 0 atom stereocenters. The van der Waals surface area contributed by atoms with Crippen molar-refractivity contribution in [1.82, 2.24) is 0 Å². The highest BCUT2D eigenvalue weighted by molar-refractivity contribution is 6.62. The van der Waals surface area contributed by atoms with E-state index in [1.165, 1.54) is 0 Å². The van der Waals surface area contributed by atoms with Crippen molar-refractivity contribution in [2.75, 3.05) is 0 Å². The van der Waals surface area contributed by atoms with Gasteiger partial charge in [0.05, 0.1) is 22.4 Å². The van der Waals surface area contributed by atoms with Gasteiger partial charge in [0, 0.05) is 5.56 Å². The first kappa shape index (κ1) is 17.9. The summed E-state index contributed by atoms with van der Waals surface area (Å²) in [6.07, 6.45) is -0.345. The van der Waals surface area contributed by atoms with Crippen molar-refractivity contribution in [3.05, 3.63) is 29.8 Å². The fourth-order valence-electron chi connectivity index (χ4n) is 2.77. The lowest BCUT2D eigenvalue weighted by Crippen LogP contribution is -2.41. The molecule has 2 heterocycles. The first-order valence-electron chi connectivity index (χ1n) is 8.66. The van der Waals surface area contributed by atoms with E-state index in [2.05, 4.69) is 55.4 Å². The van der Waals surface area contributed by atoms with Crippen LogP contribution in [-0.4, -0.2) is 29.5 Å². The van der Waals surface area contributed by atoms with Crippen LogP contribution < -0.4 is 5.46 Å². The number of rotatable bonds is 2. The monoisotopic (exact) mass is 332 g/mol. The SMILES string of the molecule is CC1(C)OB(c2ccc(C3OC(C)(C)C(C)(C)O3)cc2)OC1(C)C. The van der Waals surface area contributed by atoms with Crippen LogP contribution in [0.4, 0.5) is 0 Å². The second kappa shape index (κ2) is 5.31. The maximum Gasteiger partial charge on any atom is 0.494 e. The van der Waals surface area contributed by atoms with Crippen LogP contribution in [0.25, 0.3) is 0 Å². The molecule has 0 aliphatic carbocycles. The summed E-state index contributed by atoms with van der Waals surface area (Å²) in [6, 6.07) is 8.12. The van der Waals surface area contributed by atoms with E-state index in [1.54, 1.807) is 0 Å². The predicted octanol–water partition coefficient (Wildman–Crippen LogP) is 3.59. The first-order chi connectivity index (χ1) is 10.8. The van der Waals surface area contributed by atoms with Crippen molar-refractivity contribution in [2.45, 2.75) is 84.1 Å². The summed E-state index contributed by atoms with van der Waals surface area (Å²) in [7, 11) is -0.345. The van der Waals surface area contributed by atoms with Gasteiger partial charge in [-0.25, -0.2) is 0 Å². The van der Waals surface area contributed by atoms with E-state index in [1.807, 2.05) is 24.3 Å². The summed E-state index contributed by atoms with van der Waals surface area (Å²) in [4.78, 5) is 0. The minimum Gasteiger partial charge on any atom is -0.399 e. The Balaban J connectivity index is 1.76. The second-order valence-electron chi connectivity index (χ2n) is 8.84. The standard InChI is InChI=1S/C19H29BO4/c1-16(2)17(3,4)22-15(21-16)13-9-11-14(12-10-13)20-23-18(5,6)19(7,8)24-20/h9-12,15H,1-8H3. The lowest BCUT2D eigenvalue weighted by atomic mass is 9.79. The molecule has 24 heavy (non-hydrogen) atoms. The van der Waals surface area contributed by atoms with E-state index in [-0.39, 0.29) is 35.8 Å². The van der Waals surface area contributed by atoms with E-state index < -0.39 is 0 Å². The van der Waals surface area contributed by atoms with Crippen molar-refractivity contribution >= 4 is 12.6 Å². The van der Waals surface area contributed by atoms with Crippen molar-refractivity contribution in [3.63, 3.8) is 0 Å². The Hall–Kier alpha value is -0.875. The van der Waals surface area contributed by atoms with E-state index in [4.69, 9.17) is 18.8 Å². The average molecular weight is 332 g/mol. The highest BCUT2D eigenvalue weighted by Gasteiger charge is 2.52. The summed E-state index contributed by atoms with van der Waals surface area (Å²) >= 11 is 0. The van der Waals surface area contributed by atoms with Gasteiger partial charge in [-0.05, 0) is 60.9 Å². The Morgan fingerprint density at radius 2 is 1.08 bits per heavy atom. The minimum atomic E-state index is -0.345. The third kappa shape index (κ3) is 2.82. The summed E-state index contributed by atoms with van der Waals surface area (Å²) in [5.41, 5.74) is 0.691. The topological polar surface area (TPSA) is 36.9 Å². The Bertz CT molecular complexity index is 532. The zero-order valence-electron chi connectivity index (χ0n) is 16.1. The molecule has 4 nitrogen and oxygen atoms in total. The van der Waals surface area contributed by atoms with E-state index in [0.29, 0.717) is 0 Å². The lowest BCUT2D eigenvalue weighted by molar-refractivity contribution is -0.0895. The van der Waals surface area contributed by atoms with Crippen molar-refractivity contribution in [1.29, 1.82) is 0 Å². The van der Waals surface area contributed by atoms with Gasteiger partial charge < -0.3 is 18.8 Å². The Morgan fingerprint density at radius 1 is 0.667 bits per heavy atom. The third-order valence-electron chi connectivity index (χ3n) is 5.99. The Morgan fingerprint density at radius 3 is 1.50 bits per heavy atom. The second-order valence-corrected chi connectivity index (χ2v) is 8.84. The van der Waals surface area contributed by atoms with Crippen molar-refractivity contribution in [3.8, 4) is 0 Å². The molecule has 0 saturated carbocycles. The molecule has 2 aliphatic heterocycles. The maximum atomic E-state index is 6.10. The molecule has 0 spiro atoms. The van der Waals surface area contributed by atoms with Crippen LogP contribution in [-0.2, 0) is 18.8 Å². The summed E-state index contributed by atoms with van der Waals surface area (Å²) in [6.45, 7) is 16.5. The number of ether oxygens (including phenoxy) is 2. The molecule has 0 aromatic heterocycles. The molecule has 0 bridgehead atoms. The zero-order chi connectivity index (χ0) is 18.0. The largest absolute Gasteiger partial charge is 0.494 e. The molecular weight excluding hydrogens is 303 g/mol. The molecule has 2 fully saturated rings. The number of hydrogen-bond acceptors (Lipinski definition) is 4. The van der Waals surface area contributed by atoms with Crippen LogP contribution in [0.3, 0.4) is 0 Å². The number of hydrogen-bond donors (Lipinski definition) is 0. The van der Waals surface area contributed by atoms with Gasteiger partial charge in [0.2, 0.25) is 0 Å². The van der Waals surface area contributed by atoms with E-state index in [0.717, 1.165) is 11.0 Å². The molecule has 0 unspecified atom stereocenters. The molecule has 0 radical (unpaired) electrons. The van der Waals surface area contributed by atoms with Crippen LogP contribution in [0.2, 0.25) is 0 Å². The normalized spacial score (nSPS) is 27.6. The molecular formula is C19H29BO4. The van der Waals surface area contributed by atoms with Gasteiger partial charge in [0.1, 0.15) is 0 Å². The molecule has 0 N–H and O–H groups in total. The molecule has 2 aliphatic rings.